The maximum Gasteiger partial charge on any atom is 0.323 e. The van der Waals surface area contributed by atoms with E-state index < -0.39 is 28.7 Å². The van der Waals surface area contributed by atoms with Crippen molar-refractivity contribution in [2.45, 2.75) is 118 Å². The average molecular weight is 679 g/mol. The van der Waals surface area contributed by atoms with Crippen LogP contribution in [0.2, 0.25) is 0 Å². The molecule has 0 aromatic carbocycles. The van der Waals surface area contributed by atoms with E-state index in [2.05, 4.69) is 16.6 Å². The van der Waals surface area contributed by atoms with Gasteiger partial charge < -0.3 is 34.1 Å². The number of hydrogen-bond donors (Lipinski definition) is 2. The summed E-state index contributed by atoms with van der Waals surface area (Å²) in [5, 5.41) is 33.7. The molecule has 0 heterocycles. The van der Waals surface area contributed by atoms with Crippen molar-refractivity contribution in [2.24, 2.45) is 10.8 Å². The van der Waals surface area contributed by atoms with E-state index in [9.17, 15) is 19.2 Å². The molecule has 0 amide bonds. The summed E-state index contributed by atoms with van der Waals surface area (Å²) in [6.07, 6.45) is 6.78. The van der Waals surface area contributed by atoms with Crippen molar-refractivity contribution in [2.75, 3.05) is 46.6 Å². The standard InChI is InChI=1S/C16H24N2O4.C12H16N2O3.C5H12O2.C2H6/c1-4-5-6-7-13-22-15(20)16(9-8-11-17,10-12-18-2)14(19)21-3;1-4-17-11(16)12(10(2)15,6-5-8-13)7-9-14-3;6-4-2-1-3-5-7;1-2/h4-10,12-13H2,1,3H3;4-7,9H2,1-2H3;6-7H,1-5H2;1-2H3. The summed E-state index contributed by atoms with van der Waals surface area (Å²) in [5.41, 5.74) is -2.87. The predicted molar refractivity (Wildman–Crippen MR) is 181 cm³/mol. The molecule has 0 aromatic heterocycles. The van der Waals surface area contributed by atoms with E-state index in [1.807, 2.05) is 26.0 Å². The van der Waals surface area contributed by atoms with Crippen molar-refractivity contribution < 1.29 is 43.6 Å². The third-order valence-electron chi connectivity index (χ3n) is 6.98. The normalized spacial score (nSPS) is 11.8. The number of aliphatic hydroxyl groups is 2. The van der Waals surface area contributed by atoms with Crippen molar-refractivity contribution in [3.63, 3.8) is 0 Å². The van der Waals surface area contributed by atoms with Crippen LogP contribution in [-0.4, -0.2) is 80.5 Å². The smallest absolute Gasteiger partial charge is 0.323 e. The Morgan fingerprint density at radius 1 is 0.708 bits per heavy atom. The molecule has 2 N–H and O–H groups in total. The Morgan fingerprint density at radius 3 is 1.56 bits per heavy atom. The maximum atomic E-state index is 12.4. The number of carbonyl (C=O) groups is 4. The zero-order valence-corrected chi connectivity index (χ0v) is 30.0. The number of Topliss-reactive ketones (excluding diaryl/α,β-unsaturated/α-hetero) is 1. The topological polar surface area (TPSA) is 193 Å². The van der Waals surface area contributed by atoms with E-state index >= 15 is 0 Å². The van der Waals surface area contributed by atoms with E-state index in [0.29, 0.717) is 0 Å². The Bertz CT molecular complexity index is 997. The first kappa shape index (κ1) is 50.8. The summed E-state index contributed by atoms with van der Waals surface area (Å²) in [4.78, 5) is 54.4. The van der Waals surface area contributed by atoms with Crippen LogP contribution in [0.5, 0.6) is 0 Å². The quantitative estimate of drug-likeness (QED) is 0.0463. The molecule has 0 aromatic rings. The first-order valence-corrected chi connectivity index (χ1v) is 16.6. The van der Waals surface area contributed by atoms with Gasteiger partial charge in [0, 0.05) is 38.9 Å². The van der Waals surface area contributed by atoms with Gasteiger partial charge in [0.15, 0.2) is 5.41 Å². The highest BCUT2D eigenvalue weighted by molar-refractivity contribution is 6.02. The molecule has 0 fully saturated rings. The van der Waals surface area contributed by atoms with Crippen LogP contribution in [0.3, 0.4) is 0 Å². The Balaban J connectivity index is -0.000000328. The zero-order chi connectivity index (χ0) is 37.7. The summed E-state index contributed by atoms with van der Waals surface area (Å²) in [6.45, 7) is 23.6. The molecule has 2 atom stereocenters. The lowest BCUT2D eigenvalue weighted by Crippen LogP contribution is -2.42. The van der Waals surface area contributed by atoms with Gasteiger partial charge in [-0.1, -0.05) is 40.0 Å². The molecule has 0 aliphatic carbocycles. The first-order valence-electron chi connectivity index (χ1n) is 16.6. The maximum absolute atomic E-state index is 12.4. The van der Waals surface area contributed by atoms with Crippen LogP contribution in [-0.2, 0) is 33.4 Å². The van der Waals surface area contributed by atoms with Crippen LogP contribution in [0.4, 0.5) is 0 Å². The summed E-state index contributed by atoms with van der Waals surface area (Å²) in [6, 6.07) is 3.84. The largest absolute Gasteiger partial charge is 0.468 e. The van der Waals surface area contributed by atoms with Gasteiger partial charge in [-0.3, -0.25) is 19.2 Å². The molecule has 0 spiro atoms. The highest BCUT2D eigenvalue weighted by Crippen LogP contribution is 2.33. The summed E-state index contributed by atoms with van der Waals surface area (Å²) >= 11 is 0. The van der Waals surface area contributed by atoms with E-state index in [-0.39, 0.29) is 83.8 Å². The van der Waals surface area contributed by atoms with E-state index in [1.54, 1.807) is 6.92 Å². The van der Waals surface area contributed by atoms with Gasteiger partial charge in [-0.15, -0.1) is 0 Å². The van der Waals surface area contributed by atoms with Crippen molar-refractivity contribution in [3.8, 4) is 12.1 Å². The Morgan fingerprint density at radius 2 is 1.17 bits per heavy atom. The van der Waals surface area contributed by atoms with Crippen LogP contribution in [0.1, 0.15) is 118 Å². The van der Waals surface area contributed by atoms with Crippen molar-refractivity contribution >= 4 is 23.7 Å². The second-order valence-corrected chi connectivity index (χ2v) is 10.2. The summed E-state index contributed by atoms with van der Waals surface area (Å²) in [7, 11) is 1.19. The van der Waals surface area contributed by atoms with Crippen molar-refractivity contribution in [3.05, 3.63) is 22.8 Å². The van der Waals surface area contributed by atoms with Gasteiger partial charge in [0.2, 0.25) is 13.1 Å². The fraction of sp³-hybridized carbons (Fsp3) is 0.771. The molecule has 13 nitrogen and oxygen atoms in total. The molecule has 48 heavy (non-hydrogen) atoms. The number of carbonyl (C=O) groups excluding carboxylic acids is 4. The SMILES string of the molecule is CC.OCCCCCO.[C-]#[N+]CCC(CCC#N)(C(=O)OC)C(=O)OCCCCCC.[C-]#[N+]CCC(CCC#N)(C(C)=O)C(=O)OCC. The Kier molecular flexibility index (Phi) is 37.9. The van der Waals surface area contributed by atoms with E-state index in [0.717, 1.165) is 44.9 Å². The van der Waals surface area contributed by atoms with Crippen LogP contribution >= 0.6 is 0 Å². The zero-order valence-electron chi connectivity index (χ0n) is 30.0. The third kappa shape index (κ3) is 22.5. The third-order valence-corrected chi connectivity index (χ3v) is 6.98. The molecular weight excluding hydrogens is 620 g/mol. The number of nitrogens with zero attached hydrogens (tertiary/aromatic N) is 4. The summed E-state index contributed by atoms with van der Waals surface area (Å²) in [5.74, 6) is -2.37. The number of aliphatic hydroxyl groups excluding tert-OH is 2. The Labute approximate surface area is 288 Å². The van der Waals surface area contributed by atoms with Crippen LogP contribution in [0, 0.1) is 46.6 Å². The van der Waals surface area contributed by atoms with Gasteiger partial charge in [0.25, 0.3) is 0 Å². The highest BCUT2D eigenvalue weighted by Gasteiger charge is 2.49. The van der Waals surface area contributed by atoms with Crippen molar-refractivity contribution in [1.82, 2.24) is 0 Å². The Hall–Kier alpha value is -4.04. The number of esters is 3. The number of ketones is 1. The number of unbranched alkanes of at least 4 members (excludes halogenated alkanes) is 5. The first-order chi connectivity index (χ1) is 23.0. The average Bonchev–Trinajstić information content (AvgIpc) is 3.10. The number of methoxy groups -OCH3 is 1. The second kappa shape index (κ2) is 35.8. The lowest BCUT2D eigenvalue weighted by atomic mass is 9.76. The number of ether oxygens (including phenoxy) is 3. The molecule has 2 unspecified atom stereocenters. The van der Waals surface area contributed by atoms with Gasteiger partial charge in [0.1, 0.15) is 11.2 Å². The molecular formula is C35H58N4O9. The fourth-order valence-electron chi connectivity index (χ4n) is 4.17. The van der Waals surface area contributed by atoms with Crippen LogP contribution in [0.25, 0.3) is 9.69 Å². The van der Waals surface area contributed by atoms with Gasteiger partial charge in [-0.05, 0) is 52.4 Å². The molecule has 0 radical (unpaired) electrons. The fourth-order valence-corrected chi connectivity index (χ4v) is 4.17. The minimum Gasteiger partial charge on any atom is -0.468 e. The van der Waals surface area contributed by atoms with Crippen LogP contribution < -0.4 is 0 Å². The van der Waals surface area contributed by atoms with Gasteiger partial charge >= 0.3 is 17.9 Å². The van der Waals surface area contributed by atoms with Gasteiger partial charge in [-0.2, -0.15) is 10.5 Å². The minimum absolute atomic E-state index is 0.00542. The van der Waals surface area contributed by atoms with Crippen molar-refractivity contribution in [1.29, 1.82) is 10.5 Å². The lowest BCUT2D eigenvalue weighted by molar-refractivity contribution is -0.172. The molecule has 0 aliphatic heterocycles. The molecule has 272 valence electrons. The highest BCUT2D eigenvalue weighted by atomic mass is 16.6. The second-order valence-electron chi connectivity index (χ2n) is 10.2. The number of hydrogen-bond acceptors (Lipinski definition) is 11. The molecule has 0 saturated heterocycles. The molecule has 0 rings (SSSR count). The lowest BCUT2D eigenvalue weighted by Gasteiger charge is -2.26. The predicted octanol–water partition coefficient (Wildman–Crippen LogP) is 5.79. The van der Waals surface area contributed by atoms with Gasteiger partial charge in [-0.25, -0.2) is 13.1 Å². The summed E-state index contributed by atoms with van der Waals surface area (Å²) < 4.78 is 14.8. The number of nitriles is 2. The minimum atomic E-state index is -1.54. The molecule has 0 aliphatic rings. The van der Waals surface area contributed by atoms with Gasteiger partial charge in [0.05, 0.1) is 32.5 Å². The van der Waals surface area contributed by atoms with Crippen LogP contribution in [0.15, 0.2) is 0 Å². The van der Waals surface area contributed by atoms with E-state index in [1.165, 1.54) is 14.0 Å². The molecule has 13 heteroatoms. The number of rotatable bonds is 22. The van der Waals surface area contributed by atoms with E-state index in [4.69, 9.17) is 48.1 Å². The monoisotopic (exact) mass is 678 g/mol. The molecule has 0 bridgehead atoms. The molecule has 0 saturated carbocycles.